The molecule has 1 aromatic carbocycles. The molecule has 2 aromatic rings. The number of primary amides is 2. The first-order valence-corrected chi connectivity index (χ1v) is 24.5. The number of nitrogens with two attached hydrogens (primary N) is 3. The number of aliphatic carboxylic acids is 1. The molecule has 27 nitrogen and oxygen atoms in total. The van der Waals surface area contributed by atoms with Crippen molar-refractivity contribution in [1.82, 2.24) is 51.3 Å². The topological polar surface area (TPSA) is 425 Å². The van der Waals surface area contributed by atoms with Crippen molar-refractivity contribution in [2.75, 3.05) is 26.2 Å². The van der Waals surface area contributed by atoms with Crippen molar-refractivity contribution in [3.05, 3.63) is 54.1 Å². The predicted octanol–water partition coefficient (Wildman–Crippen LogP) is -5.09. The molecule has 3 aliphatic heterocycles. The average Bonchev–Trinajstić information content (AvgIpc) is 4.23. The summed E-state index contributed by atoms with van der Waals surface area (Å²) < 4.78 is 0. The molecule has 0 spiro atoms. The van der Waals surface area contributed by atoms with Crippen molar-refractivity contribution in [1.29, 1.82) is 0 Å². The van der Waals surface area contributed by atoms with Gasteiger partial charge in [0.2, 0.25) is 59.1 Å². The minimum Gasteiger partial charge on any atom is -0.480 e. The van der Waals surface area contributed by atoms with E-state index in [0.29, 0.717) is 24.8 Å². The molecule has 0 radical (unpaired) electrons. The Hall–Kier alpha value is -7.52. The average molecular weight is 1040 g/mol. The largest absolute Gasteiger partial charge is 0.480 e. The van der Waals surface area contributed by atoms with Crippen molar-refractivity contribution in [3.63, 3.8) is 0 Å². The van der Waals surface area contributed by atoms with E-state index in [0.717, 1.165) is 6.92 Å². The Morgan fingerprint density at radius 1 is 0.676 bits per heavy atom. The van der Waals surface area contributed by atoms with Crippen LogP contribution in [0.4, 0.5) is 0 Å². The van der Waals surface area contributed by atoms with Crippen LogP contribution in [-0.4, -0.2) is 192 Å². The third-order valence-corrected chi connectivity index (χ3v) is 13.2. The van der Waals surface area contributed by atoms with E-state index < -0.39 is 132 Å². The maximum Gasteiger partial charge on any atom is 0.328 e. The Kier molecular flexibility index (Phi) is 20.9. The molecule has 1 aromatic heterocycles. The molecule has 3 fully saturated rings. The van der Waals surface area contributed by atoms with Gasteiger partial charge in [-0.15, -0.1) is 0 Å². The summed E-state index contributed by atoms with van der Waals surface area (Å²) in [6.07, 6.45) is 1.84. The quantitative estimate of drug-likeness (QED) is 0.0419. The molecule has 10 amide bonds. The second-order valence-electron chi connectivity index (χ2n) is 18.6. The molecule has 10 atom stereocenters. The van der Waals surface area contributed by atoms with Crippen molar-refractivity contribution >= 4 is 65.0 Å². The fraction of sp³-hybridized carbons (Fsp3) is 0.574. The molecule has 0 bridgehead atoms. The summed E-state index contributed by atoms with van der Waals surface area (Å²) in [5.74, 6) is -9.28. The summed E-state index contributed by atoms with van der Waals surface area (Å²) in [6.45, 7) is 0.526. The summed E-state index contributed by atoms with van der Waals surface area (Å²) >= 11 is 0. The van der Waals surface area contributed by atoms with Gasteiger partial charge in [-0.3, -0.25) is 47.9 Å². The molecular formula is C47H67N13O14. The number of aromatic amines is 1. The van der Waals surface area contributed by atoms with Gasteiger partial charge >= 0.3 is 5.97 Å². The molecule has 0 saturated carbocycles. The summed E-state index contributed by atoms with van der Waals surface area (Å²) in [7, 11) is 0. The van der Waals surface area contributed by atoms with Gasteiger partial charge in [-0.05, 0) is 63.9 Å². The third-order valence-electron chi connectivity index (χ3n) is 13.2. The molecular weight excluding hydrogens is 971 g/mol. The minimum absolute atomic E-state index is 0.0372. The summed E-state index contributed by atoms with van der Waals surface area (Å²) in [4.78, 5) is 157. The second kappa shape index (κ2) is 27.0. The van der Waals surface area contributed by atoms with E-state index in [2.05, 4.69) is 36.6 Å². The van der Waals surface area contributed by atoms with Gasteiger partial charge < -0.3 is 78.8 Å². The van der Waals surface area contributed by atoms with Crippen LogP contribution in [0.3, 0.4) is 0 Å². The lowest BCUT2D eigenvalue weighted by molar-refractivity contribution is -0.148. The number of benzene rings is 1. The zero-order valence-electron chi connectivity index (χ0n) is 41.0. The number of carbonyl (C=O) groups is 11. The number of carboxylic acid groups (broad SMARTS) is 1. The standard InChI is InChI=1S/C47H67N13O14/c1-25(62)38(47(73)74)57-40(66)31(21-27-22-51-24-52-27)54-41(67)32(23-61)56-39(65)30(20-26-8-3-2-4-9-26)55-43(69)34-11-6-18-59(34)46(72)35-12-7-19-60(35)45(71)29(14-16-37(50)64)53-42(68)33-10-5-17-58(33)44(70)28(48)13-15-36(49)63/h2-4,8-9,22,24-25,28-35,38,61-62H,5-7,10-21,23,48H2,1H3,(H2,49,63)(H2,50,64)(H,51,52)(H,53,68)(H,54,67)(H,55,69)(H,56,65)(H,57,66)(H,73,74)/t25-,28+,29+,30+,31+,32+,33+,34+,35+,38+/m1/s1. The number of hydrogen-bond donors (Lipinski definition) is 12. The molecule has 0 unspecified atom stereocenters. The zero-order valence-corrected chi connectivity index (χ0v) is 41.0. The van der Waals surface area contributed by atoms with Crippen LogP contribution >= 0.6 is 0 Å². The van der Waals surface area contributed by atoms with Gasteiger partial charge in [-0.25, -0.2) is 9.78 Å². The molecule has 74 heavy (non-hydrogen) atoms. The molecule has 404 valence electrons. The van der Waals surface area contributed by atoms with Gasteiger partial charge in [0.25, 0.3) is 0 Å². The number of aliphatic hydroxyl groups excluding tert-OH is 2. The first kappa shape index (κ1) is 57.4. The van der Waals surface area contributed by atoms with Gasteiger partial charge in [0.15, 0.2) is 6.04 Å². The predicted molar refractivity (Wildman–Crippen MR) is 258 cm³/mol. The number of aromatic nitrogens is 2. The minimum atomic E-state index is -1.75. The number of nitrogens with one attached hydrogen (secondary N) is 6. The number of hydrogen-bond acceptors (Lipinski definition) is 15. The van der Waals surface area contributed by atoms with E-state index >= 15 is 0 Å². The highest BCUT2D eigenvalue weighted by molar-refractivity contribution is 5.99. The van der Waals surface area contributed by atoms with Crippen molar-refractivity contribution in [2.24, 2.45) is 17.2 Å². The molecule has 5 rings (SSSR count). The number of imidazole rings is 1. The maximum absolute atomic E-state index is 14.5. The Morgan fingerprint density at radius 3 is 1.76 bits per heavy atom. The van der Waals surface area contributed by atoms with Crippen molar-refractivity contribution in [3.8, 4) is 0 Å². The smallest absolute Gasteiger partial charge is 0.328 e. The van der Waals surface area contributed by atoms with Crippen LogP contribution in [0.25, 0.3) is 0 Å². The van der Waals surface area contributed by atoms with E-state index in [9.17, 15) is 68.1 Å². The lowest BCUT2D eigenvalue weighted by Crippen LogP contribution is -2.61. The second-order valence-corrected chi connectivity index (χ2v) is 18.6. The van der Waals surface area contributed by atoms with Crippen LogP contribution in [0, 0.1) is 0 Å². The zero-order chi connectivity index (χ0) is 54.2. The van der Waals surface area contributed by atoms with Crippen molar-refractivity contribution in [2.45, 2.75) is 144 Å². The van der Waals surface area contributed by atoms with Gasteiger partial charge in [-0.1, -0.05) is 30.3 Å². The summed E-state index contributed by atoms with van der Waals surface area (Å²) in [5, 5.41) is 42.2. The first-order chi connectivity index (χ1) is 35.2. The number of rotatable bonds is 26. The van der Waals surface area contributed by atoms with E-state index in [-0.39, 0.29) is 83.1 Å². The number of H-pyrrole nitrogens is 1. The third kappa shape index (κ3) is 15.5. The van der Waals surface area contributed by atoms with Crippen LogP contribution in [0.2, 0.25) is 0 Å². The van der Waals surface area contributed by atoms with Gasteiger partial charge in [-0.2, -0.15) is 0 Å². The summed E-state index contributed by atoms with van der Waals surface area (Å²) in [5.41, 5.74) is 17.5. The monoisotopic (exact) mass is 1040 g/mol. The molecule has 15 N–H and O–H groups in total. The van der Waals surface area contributed by atoms with Gasteiger partial charge in [0.05, 0.1) is 30.8 Å². The number of carboxylic acids is 1. The van der Waals surface area contributed by atoms with Crippen LogP contribution in [-0.2, 0) is 65.6 Å². The normalized spacial score (nSPS) is 20.2. The highest BCUT2D eigenvalue weighted by Gasteiger charge is 2.45. The highest BCUT2D eigenvalue weighted by atomic mass is 16.4. The molecule has 0 aliphatic carbocycles. The van der Waals surface area contributed by atoms with Crippen LogP contribution in [0.5, 0.6) is 0 Å². The number of likely N-dealkylation sites (tertiary alicyclic amines) is 3. The van der Waals surface area contributed by atoms with Gasteiger partial charge in [0, 0.05) is 51.5 Å². The Labute approximate surface area is 425 Å². The van der Waals surface area contributed by atoms with Crippen molar-refractivity contribution < 1.29 is 68.1 Å². The number of amides is 10. The van der Waals surface area contributed by atoms with Gasteiger partial charge in [0.1, 0.15) is 42.3 Å². The Balaban J connectivity index is 1.29. The number of carbonyl (C=O) groups excluding carboxylic acids is 10. The number of nitrogens with zero attached hydrogens (tertiary/aromatic N) is 4. The van der Waals surface area contributed by atoms with E-state index in [1.54, 1.807) is 30.3 Å². The molecule has 3 aliphatic rings. The van der Waals surface area contributed by atoms with E-state index in [1.807, 2.05) is 0 Å². The van der Waals surface area contributed by atoms with Crippen LogP contribution in [0.15, 0.2) is 42.9 Å². The molecule has 4 heterocycles. The van der Waals surface area contributed by atoms with E-state index in [1.165, 1.54) is 27.2 Å². The lowest BCUT2D eigenvalue weighted by Gasteiger charge is -2.34. The first-order valence-electron chi connectivity index (χ1n) is 24.5. The van der Waals surface area contributed by atoms with Crippen LogP contribution < -0.4 is 43.8 Å². The Bertz CT molecular complexity index is 2360. The fourth-order valence-electron chi connectivity index (χ4n) is 9.26. The van der Waals surface area contributed by atoms with Crippen LogP contribution in [0.1, 0.15) is 82.4 Å². The molecule has 3 saturated heterocycles. The lowest BCUT2D eigenvalue weighted by atomic mass is 10.0. The van der Waals surface area contributed by atoms with E-state index in [4.69, 9.17) is 17.2 Å². The maximum atomic E-state index is 14.5. The fourth-order valence-corrected chi connectivity index (χ4v) is 9.26. The number of aliphatic hydroxyl groups is 2. The Morgan fingerprint density at radius 2 is 1.19 bits per heavy atom. The molecule has 27 heteroatoms. The highest BCUT2D eigenvalue weighted by Crippen LogP contribution is 2.27. The SMILES string of the molecule is C[C@@H](O)[C@H](NC(=O)[C@H](Cc1c[nH]cn1)NC(=O)[C@H](CO)NC(=O)[C@H](Cc1ccccc1)NC(=O)[C@@H]1CCCN1C(=O)[C@@H]1CCCN1C(=O)[C@H](CCC(N)=O)NC(=O)[C@@H]1CCCN1C(=O)[C@@H](N)CCC(N)=O)C(=O)O. The summed E-state index contributed by atoms with van der Waals surface area (Å²) in [6, 6.07) is -3.61.